The van der Waals surface area contributed by atoms with Crippen molar-refractivity contribution in [2.75, 3.05) is 32.7 Å². The lowest BCUT2D eigenvalue weighted by Crippen LogP contribution is -2.46. The average molecular weight is 490 g/mol. The average Bonchev–Trinajstić information content (AvgIpc) is 3.22. The molecule has 10 heteroatoms. The Labute approximate surface area is 209 Å². The van der Waals surface area contributed by atoms with Gasteiger partial charge in [0, 0.05) is 43.4 Å². The van der Waals surface area contributed by atoms with Gasteiger partial charge in [-0.25, -0.2) is 9.67 Å². The van der Waals surface area contributed by atoms with Crippen molar-refractivity contribution >= 4 is 22.9 Å². The molecule has 3 aromatic rings. The van der Waals surface area contributed by atoms with Gasteiger partial charge in [0.2, 0.25) is 5.91 Å². The number of carbonyl (C=O) groups excluding carboxylic acids is 2. The molecule has 2 bridgehead atoms. The van der Waals surface area contributed by atoms with Gasteiger partial charge in [0.1, 0.15) is 11.2 Å². The van der Waals surface area contributed by atoms with Crippen LogP contribution in [-0.4, -0.2) is 74.3 Å². The minimum atomic E-state index is -0.508. The molecule has 3 fully saturated rings. The largest absolute Gasteiger partial charge is 0.449 e. The number of fused-ring (bicyclic) bond motifs is 4. The Bertz CT molecular complexity index is 1350. The third-order valence-electron chi connectivity index (χ3n) is 8.49. The number of carbonyl (C=O) groups is 2. The second-order valence-electron chi connectivity index (χ2n) is 11.2. The van der Waals surface area contributed by atoms with Gasteiger partial charge in [-0.15, -0.1) is 5.10 Å². The van der Waals surface area contributed by atoms with Gasteiger partial charge >= 0.3 is 0 Å². The van der Waals surface area contributed by atoms with Crippen molar-refractivity contribution in [3.05, 3.63) is 41.0 Å². The first-order valence-corrected chi connectivity index (χ1v) is 13.1. The summed E-state index contributed by atoms with van der Waals surface area (Å²) >= 11 is 0. The number of hydrogen-bond donors (Lipinski definition) is 1. The van der Waals surface area contributed by atoms with E-state index in [2.05, 4.69) is 25.5 Å². The molecule has 1 unspecified atom stereocenters. The lowest BCUT2D eigenvalue weighted by atomic mass is 9.84. The van der Waals surface area contributed by atoms with E-state index in [-0.39, 0.29) is 29.5 Å². The molecular weight excluding hydrogens is 458 g/mol. The molecule has 0 spiro atoms. The number of hydrogen-bond acceptors (Lipinski definition) is 7. The molecule has 4 aliphatic rings. The molecule has 2 saturated heterocycles. The Balaban J connectivity index is 1.16. The van der Waals surface area contributed by atoms with E-state index in [0.29, 0.717) is 35.8 Å². The van der Waals surface area contributed by atoms with Gasteiger partial charge in [0.15, 0.2) is 11.3 Å². The van der Waals surface area contributed by atoms with E-state index in [1.807, 2.05) is 23.7 Å². The Morgan fingerprint density at radius 1 is 1.22 bits per heavy atom. The molecule has 1 N–H and O–H groups in total. The lowest BCUT2D eigenvalue weighted by molar-refractivity contribution is -0.123. The first-order chi connectivity index (χ1) is 17.5. The number of pyridine rings is 1. The van der Waals surface area contributed by atoms with Gasteiger partial charge in [0.25, 0.3) is 5.91 Å². The fourth-order valence-corrected chi connectivity index (χ4v) is 6.18. The lowest BCUT2D eigenvalue weighted by Gasteiger charge is -2.32. The van der Waals surface area contributed by atoms with Crippen LogP contribution in [0.3, 0.4) is 0 Å². The number of nitrogens with zero attached hydrogens (tertiary/aromatic N) is 6. The highest BCUT2D eigenvalue weighted by Gasteiger charge is 2.45. The summed E-state index contributed by atoms with van der Waals surface area (Å²) in [6, 6.07) is 5.37. The van der Waals surface area contributed by atoms with Gasteiger partial charge in [0.05, 0.1) is 18.2 Å². The Morgan fingerprint density at radius 3 is 2.81 bits per heavy atom. The first kappa shape index (κ1) is 22.0. The van der Waals surface area contributed by atoms with E-state index < -0.39 is 5.92 Å². The fourth-order valence-electron chi connectivity index (χ4n) is 6.18. The van der Waals surface area contributed by atoms with Crippen LogP contribution in [0, 0.1) is 18.3 Å². The van der Waals surface area contributed by atoms with Gasteiger partial charge in [-0.1, -0.05) is 5.21 Å². The predicted molar refractivity (Wildman–Crippen MR) is 130 cm³/mol. The second kappa shape index (κ2) is 8.12. The summed E-state index contributed by atoms with van der Waals surface area (Å²) in [5.74, 6) is 0.0207. The maximum absolute atomic E-state index is 13.7. The van der Waals surface area contributed by atoms with Crippen molar-refractivity contribution in [2.24, 2.45) is 11.3 Å². The van der Waals surface area contributed by atoms with Gasteiger partial charge in [-0.2, -0.15) is 0 Å². The number of aromatic nitrogens is 4. The van der Waals surface area contributed by atoms with E-state index in [4.69, 9.17) is 4.42 Å². The minimum absolute atomic E-state index is 0.0466. The van der Waals surface area contributed by atoms with E-state index in [1.54, 1.807) is 11.0 Å². The van der Waals surface area contributed by atoms with Crippen molar-refractivity contribution in [2.45, 2.75) is 51.6 Å². The Kier molecular flexibility index (Phi) is 4.96. The Hall–Kier alpha value is -3.27. The van der Waals surface area contributed by atoms with E-state index in [1.165, 1.54) is 12.8 Å². The van der Waals surface area contributed by atoms with E-state index in [9.17, 15) is 9.59 Å². The van der Waals surface area contributed by atoms with Crippen molar-refractivity contribution in [3.8, 4) is 0 Å². The van der Waals surface area contributed by atoms with Crippen molar-refractivity contribution in [3.63, 3.8) is 0 Å². The number of piperidine rings is 1. The molecule has 188 valence electrons. The van der Waals surface area contributed by atoms with Crippen LogP contribution in [0.15, 0.2) is 22.6 Å². The summed E-state index contributed by atoms with van der Waals surface area (Å²) in [6.07, 6.45) is 4.65. The fraction of sp³-hybridized carbons (Fsp3) is 0.577. The molecule has 7 rings (SSSR count). The van der Waals surface area contributed by atoms with Gasteiger partial charge < -0.3 is 19.5 Å². The molecule has 1 atom stereocenters. The molecular formula is C26H31N7O3. The number of rotatable bonds is 6. The highest BCUT2D eigenvalue weighted by molar-refractivity contribution is 5.96. The van der Waals surface area contributed by atoms with Crippen LogP contribution in [0.2, 0.25) is 0 Å². The number of aryl methyl sites for hydroxylation is 1. The van der Waals surface area contributed by atoms with Crippen LogP contribution in [0.4, 0.5) is 0 Å². The molecule has 2 amide bonds. The Morgan fingerprint density at radius 2 is 2.06 bits per heavy atom. The van der Waals surface area contributed by atoms with Crippen LogP contribution >= 0.6 is 0 Å². The van der Waals surface area contributed by atoms with Crippen LogP contribution in [0.5, 0.6) is 0 Å². The molecule has 0 radical (unpaired) electrons. The predicted octanol–water partition coefficient (Wildman–Crippen LogP) is 2.09. The van der Waals surface area contributed by atoms with Crippen LogP contribution < -0.4 is 5.32 Å². The van der Waals surface area contributed by atoms with E-state index in [0.717, 1.165) is 50.4 Å². The molecule has 0 aromatic carbocycles. The normalized spacial score (nSPS) is 27.0. The summed E-state index contributed by atoms with van der Waals surface area (Å²) in [7, 11) is 0. The topological polar surface area (TPSA) is 109 Å². The monoisotopic (exact) mass is 489 g/mol. The summed E-state index contributed by atoms with van der Waals surface area (Å²) < 4.78 is 7.75. The standard InChI is InChI=1S/C26H31N7O3/c1-16-2-5-21-19(28-16)10-22(36-21)25(35)32-12-18(23-20(13-32)29-30-33(23)11-17-3-4-17)24(34)27-14-26-6-8-31(15-26)9-7-26/h2,5,10,17-18H,3-4,6-9,11-15H2,1H3,(H,27,34). The third kappa shape index (κ3) is 3.78. The van der Waals surface area contributed by atoms with Crippen molar-refractivity contribution in [1.29, 1.82) is 0 Å². The molecule has 36 heavy (non-hydrogen) atoms. The quantitative estimate of drug-likeness (QED) is 0.565. The smallest absolute Gasteiger partial charge is 0.290 e. The van der Waals surface area contributed by atoms with Gasteiger partial charge in [-0.3, -0.25) is 9.59 Å². The molecule has 3 aliphatic heterocycles. The SMILES string of the molecule is Cc1ccc2oc(C(=O)N3Cc4nnn(CC5CC5)c4C(C(=O)NCC45CCN(CC4)C5)C3)cc2n1. The van der Waals surface area contributed by atoms with E-state index >= 15 is 0 Å². The molecule has 10 nitrogen and oxygen atoms in total. The molecule has 1 saturated carbocycles. The zero-order chi connectivity index (χ0) is 24.4. The zero-order valence-corrected chi connectivity index (χ0v) is 20.6. The van der Waals surface area contributed by atoms with Crippen molar-refractivity contribution < 1.29 is 14.0 Å². The van der Waals surface area contributed by atoms with Crippen LogP contribution in [0.1, 0.15) is 59.2 Å². The summed E-state index contributed by atoms with van der Waals surface area (Å²) in [4.78, 5) is 35.8. The molecule has 1 aliphatic carbocycles. The summed E-state index contributed by atoms with van der Waals surface area (Å²) in [5.41, 5.74) is 3.85. The summed E-state index contributed by atoms with van der Waals surface area (Å²) in [6.45, 7) is 7.26. The van der Waals surface area contributed by atoms with Crippen molar-refractivity contribution in [1.82, 2.24) is 35.1 Å². The summed E-state index contributed by atoms with van der Waals surface area (Å²) in [5, 5.41) is 12.1. The molecule has 6 heterocycles. The number of amides is 2. The highest BCUT2D eigenvalue weighted by atomic mass is 16.3. The first-order valence-electron chi connectivity index (χ1n) is 13.1. The molecule has 3 aromatic heterocycles. The minimum Gasteiger partial charge on any atom is -0.449 e. The zero-order valence-electron chi connectivity index (χ0n) is 20.6. The number of nitrogens with one attached hydrogen (secondary N) is 1. The van der Waals surface area contributed by atoms with Gasteiger partial charge in [-0.05, 0) is 63.7 Å². The third-order valence-corrected chi connectivity index (χ3v) is 8.49. The highest BCUT2D eigenvalue weighted by Crippen LogP contribution is 2.40. The second-order valence-corrected chi connectivity index (χ2v) is 11.2. The maximum Gasteiger partial charge on any atom is 0.290 e. The van der Waals surface area contributed by atoms with Crippen LogP contribution in [0.25, 0.3) is 11.1 Å². The number of furan rings is 1. The van der Waals surface area contributed by atoms with Crippen LogP contribution in [-0.2, 0) is 17.9 Å². The maximum atomic E-state index is 13.7.